The van der Waals surface area contributed by atoms with Crippen LogP contribution in [0.2, 0.25) is 9.36 Å². The van der Waals surface area contributed by atoms with Gasteiger partial charge in [-0.2, -0.15) is 0 Å². The normalized spacial score (nSPS) is 11.4. The van der Waals surface area contributed by atoms with Gasteiger partial charge in [0.05, 0.1) is 17.1 Å². The third-order valence-corrected chi connectivity index (χ3v) is 8.83. The minimum absolute atomic E-state index is 0.0380. The minimum Gasteiger partial charge on any atom is -0.495 e. The standard InChI is InChI=1S/C21H20Cl2N2O5S2/c1-11-8-15(16(30-4)9-14(11)22)24-18(26)10-25-13(3)7-12(2)20(21(25)27)32(28,29)19-6-5-17(23)31-19/h5-9H,10H2,1-4H3,(H,24,26). The number of sulfone groups is 1. The Hall–Kier alpha value is -2.33. The zero-order valence-corrected chi connectivity index (χ0v) is 20.8. The first-order chi connectivity index (χ1) is 14.9. The van der Waals surface area contributed by atoms with Crippen molar-refractivity contribution in [1.82, 2.24) is 4.57 Å². The number of aromatic nitrogens is 1. The van der Waals surface area contributed by atoms with Gasteiger partial charge < -0.3 is 14.6 Å². The van der Waals surface area contributed by atoms with Gasteiger partial charge in [-0.25, -0.2) is 8.42 Å². The quantitative estimate of drug-likeness (QED) is 0.517. The van der Waals surface area contributed by atoms with Crippen LogP contribution in [0.4, 0.5) is 5.69 Å². The molecule has 1 amide bonds. The van der Waals surface area contributed by atoms with Crippen LogP contribution in [0, 0.1) is 20.8 Å². The average Bonchev–Trinajstić information content (AvgIpc) is 3.14. The minimum atomic E-state index is -4.10. The molecule has 3 rings (SSSR count). The fraction of sp³-hybridized carbons (Fsp3) is 0.238. The summed E-state index contributed by atoms with van der Waals surface area (Å²) in [6.07, 6.45) is 0. The second-order valence-electron chi connectivity index (χ2n) is 7.10. The van der Waals surface area contributed by atoms with Crippen LogP contribution < -0.4 is 15.6 Å². The van der Waals surface area contributed by atoms with E-state index < -0.39 is 21.3 Å². The molecule has 0 aliphatic rings. The summed E-state index contributed by atoms with van der Waals surface area (Å²) in [5.41, 5.74) is 1.09. The highest BCUT2D eigenvalue weighted by Crippen LogP contribution is 2.32. The summed E-state index contributed by atoms with van der Waals surface area (Å²) < 4.78 is 32.8. The van der Waals surface area contributed by atoms with Crippen molar-refractivity contribution in [1.29, 1.82) is 0 Å². The number of hydrogen-bond donors (Lipinski definition) is 1. The number of nitrogens with one attached hydrogen (secondary N) is 1. The SMILES string of the molecule is COc1cc(Cl)c(C)cc1NC(=O)Cn1c(C)cc(C)c(S(=O)(=O)c2ccc(Cl)s2)c1=O. The number of thiophene rings is 1. The van der Waals surface area contributed by atoms with Gasteiger partial charge in [-0.05, 0) is 56.2 Å². The Bertz CT molecular complexity index is 1380. The first kappa shape index (κ1) is 24.3. The molecule has 11 heteroatoms. The molecule has 0 atom stereocenters. The van der Waals surface area contributed by atoms with E-state index in [1.54, 1.807) is 39.0 Å². The highest BCUT2D eigenvalue weighted by molar-refractivity contribution is 7.93. The van der Waals surface area contributed by atoms with E-state index in [2.05, 4.69) is 5.32 Å². The molecule has 0 aliphatic carbocycles. The van der Waals surface area contributed by atoms with E-state index in [9.17, 15) is 18.0 Å². The van der Waals surface area contributed by atoms with Gasteiger partial charge in [-0.1, -0.05) is 23.2 Å². The van der Waals surface area contributed by atoms with Crippen LogP contribution in [0.5, 0.6) is 5.75 Å². The van der Waals surface area contributed by atoms with Gasteiger partial charge in [0.1, 0.15) is 21.4 Å². The number of hydrogen-bond acceptors (Lipinski definition) is 6. The van der Waals surface area contributed by atoms with E-state index in [1.165, 1.54) is 19.2 Å². The van der Waals surface area contributed by atoms with E-state index in [0.717, 1.165) is 21.5 Å². The molecule has 1 aromatic carbocycles. The number of benzene rings is 1. The molecule has 0 saturated heterocycles. The predicted octanol–water partition coefficient (Wildman–Crippen LogP) is 4.62. The van der Waals surface area contributed by atoms with Crippen LogP contribution in [-0.4, -0.2) is 26.0 Å². The Labute approximate surface area is 199 Å². The lowest BCUT2D eigenvalue weighted by atomic mass is 10.2. The fourth-order valence-electron chi connectivity index (χ4n) is 3.24. The summed E-state index contributed by atoms with van der Waals surface area (Å²) in [6.45, 7) is 4.57. The molecule has 0 bridgehead atoms. The number of amides is 1. The van der Waals surface area contributed by atoms with Crippen molar-refractivity contribution in [2.45, 2.75) is 36.4 Å². The molecular weight excluding hydrogens is 495 g/mol. The molecule has 2 heterocycles. The Morgan fingerprint density at radius 2 is 1.81 bits per heavy atom. The molecule has 2 aromatic heterocycles. The number of halogens is 2. The Balaban J connectivity index is 2.00. The summed E-state index contributed by atoms with van der Waals surface area (Å²) in [6, 6.07) is 7.60. The number of carbonyl (C=O) groups excluding carboxylic acids is 1. The number of nitrogens with zero attached hydrogens (tertiary/aromatic N) is 1. The number of anilines is 1. The van der Waals surface area contributed by atoms with Crippen LogP contribution in [0.15, 0.2) is 44.2 Å². The van der Waals surface area contributed by atoms with Gasteiger partial charge in [-0.15, -0.1) is 11.3 Å². The van der Waals surface area contributed by atoms with Gasteiger partial charge in [0, 0.05) is 16.8 Å². The lowest BCUT2D eigenvalue weighted by molar-refractivity contribution is -0.116. The maximum absolute atomic E-state index is 13.2. The lowest BCUT2D eigenvalue weighted by Crippen LogP contribution is -2.33. The van der Waals surface area contributed by atoms with E-state index in [1.807, 2.05) is 0 Å². The monoisotopic (exact) mass is 514 g/mol. The number of aryl methyl sites for hydroxylation is 3. The van der Waals surface area contributed by atoms with Gasteiger partial charge in [0.25, 0.3) is 5.56 Å². The first-order valence-electron chi connectivity index (χ1n) is 9.31. The van der Waals surface area contributed by atoms with E-state index in [4.69, 9.17) is 27.9 Å². The molecular formula is C21H20Cl2N2O5S2. The predicted molar refractivity (Wildman–Crippen MR) is 126 cm³/mol. The first-order valence-corrected chi connectivity index (χ1v) is 12.4. The van der Waals surface area contributed by atoms with Gasteiger partial charge >= 0.3 is 0 Å². The van der Waals surface area contributed by atoms with Crippen LogP contribution in [-0.2, 0) is 21.2 Å². The number of ether oxygens (including phenoxy) is 1. The van der Waals surface area contributed by atoms with E-state index in [0.29, 0.717) is 32.1 Å². The summed E-state index contributed by atoms with van der Waals surface area (Å²) in [5.74, 6) is -0.165. The Kier molecular flexibility index (Phi) is 7.04. The molecule has 0 fully saturated rings. The molecule has 0 spiro atoms. The number of methoxy groups -OCH3 is 1. The van der Waals surface area contributed by atoms with Crippen molar-refractivity contribution >= 4 is 56.0 Å². The molecule has 7 nitrogen and oxygen atoms in total. The van der Waals surface area contributed by atoms with Gasteiger partial charge in [0.15, 0.2) is 0 Å². The number of pyridine rings is 1. The van der Waals surface area contributed by atoms with Crippen molar-refractivity contribution in [3.05, 3.63) is 66.9 Å². The molecule has 0 aliphatic heterocycles. The van der Waals surface area contributed by atoms with E-state index in [-0.39, 0.29) is 15.6 Å². The smallest absolute Gasteiger partial charge is 0.270 e. The fourth-order valence-corrected chi connectivity index (χ4v) is 6.53. The molecule has 1 N–H and O–H groups in total. The molecule has 0 radical (unpaired) electrons. The molecule has 3 aromatic rings. The highest BCUT2D eigenvalue weighted by Gasteiger charge is 2.28. The molecule has 0 unspecified atom stereocenters. The Morgan fingerprint density at radius 1 is 1.12 bits per heavy atom. The number of rotatable bonds is 6. The van der Waals surface area contributed by atoms with Crippen molar-refractivity contribution < 1.29 is 17.9 Å². The largest absolute Gasteiger partial charge is 0.495 e. The van der Waals surface area contributed by atoms with Crippen LogP contribution in [0.3, 0.4) is 0 Å². The highest BCUT2D eigenvalue weighted by atomic mass is 35.5. The summed E-state index contributed by atoms with van der Waals surface area (Å²) in [7, 11) is -2.66. The second kappa shape index (κ2) is 9.27. The third-order valence-electron chi connectivity index (χ3n) is 4.79. The van der Waals surface area contributed by atoms with Gasteiger partial charge in [0.2, 0.25) is 15.7 Å². The van der Waals surface area contributed by atoms with Crippen molar-refractivity contribution in [3.63, 3.8) is 0 Å². The summed E-state index contributed by atoms with van der Waals surface area (Å²) in [4.78, 5) is 25.5. The lowest BCUT2D eigenvalue weighted by Gasteiger charge is -2.16. The maximum Gasteiger partial charge on any atom is 0.270 e. The average molecular weight is 515 g/mol. The van der Waals surface area contributed by atoms with E-state index >= 15 is 0 Å². The molecule has 170 valence electrons. The summed E-state index contributed by atoms with van der Waals surface area (Å²) >= 11 is 12.8. The topological polar surface area (TPSA) is 94.5 Å². The van der Waals surface area contributed by atoms with Crippen LogP contribution >= 0.6 is 34.5 Å². The molecule has 0 saturated carbocycles. The van der Waals surface area contributed by atoms with Crippen molar-refractivity contribution in [2.24, 2.45) is 0 Å². The number of carbonyl (C=O) groups is 1. The zero-order valence-electron chi connectivity index (χ0n) is 17.7. The van der Waals surface area contributed by atoms with Crippen molar-refractivity contribution in [3.8, 4) is 5.75 Å². The second-order valence-corrected chi connectivity index (χ2v) is 11.3. The third kappa shape index (κ3) is 4.71. The Morgan fingerprint density at radius 3 is 2.41 bits per heavy atom. The van der Waals surface area contributed by atoms with Crippen LogP contribution in [0.25, 0.3) is 0 Å². The van der Waals surface area contributed by atoms with Crippen LogP contribution in [0.1, 0.15) is 16.8 Å². The molecule has 32 heavy (non-hydrogen) atoms. The summed E-state index contributed by atoms with van der Waals surface area (Å²) in [5, 5.41) is 3.17. The van der Waals surface area contributed by atoms with Gasteiger partial charge in [-0.3, -0.25) is 9.59 Å². The maximum atomic E-state index is 13.2. The zero-order chi connectivity index (χ0) is 23.8. The van der Waals surface area contributed by atoms with Crippen molar-refractivity contribution in [2.75, 3.05) is 12.4 Å².